The molecule has 1 aromatic carbocycles. The number of hydrogen-bond donors (Lipinski definition) is 3. The summed E-state index contributed by atoms with van der Waals surface area (Å²) >= 11 is 0. The van der Waals surface area contributed by atoms with Gasteiger partial charge in [-0.25, -0.2) is 18.7 Å². The van der Waals surface area contributed by atoms with Crippen molar-refractivity contribution in [2.24, 2.45) is 0 Å². The Labute approximate surface area is 171 Å². The summed E-state index contributed by atoms with van der Waals surface area (Å²) in [7, 11) is 0. The molecule has 0 amide bonds. The number of H-pyrrole nitrogens is 1. The highest BCUT2D eigenvalue weighted by molar-refractivity contribution is 5.72. The smallest absolute Gasteiger partial charge is 0.202 e. The van der Waals surface area contributed by atoms with E-state index in [1.165, 1.54) is 24.4 Å². The molecule has 0 unspecified atom stereocenters. The van der Waals surface area contributed by atoms with Gasteiger partial charge in [0.1, 0.15) is 17.5 Å². The SMILES string of the molecule is Fc1cccc(F)c1-c1ccc(N[C@H]2CC[C@H](Nc3nc4ncccc4[nH]3)C2)nc1. The van der Waals surface area contributed by atoms with Gasteiger partial charge in [-0.15, -0.1) is 0 Å². The number of nitrogens with one attached hydrogen (secondary N) is 3. The summed E-state index contributed by atoms with van der Waals surface area (Å²) < 4.78 is 27.9. The number of rotatable bonds is 5. The molecule has 3 N–H and O–H groups in total. The van der Waals surface area contributed by atoms with Gasteiger partial charge in [0, 0.05) is 30.0 Å². The van der Waals surface area contributed by atoms with Gasteiger partial charge in [0.05, 0.1) is 11.1 Å². The maximum Gasteiger partial charge on any atom is 0.202 e. The van der Waals surface area contributed by atoms with E-state index >= 15 is 0 Å². The second-order valence-electron chi connectivity index (χ2n) is 7.48. The van der Waals surface area contributed by atoms with E-state index in [1.807, 2.05) is 12.1 Å². The number of aromatic nitrogens is 4. The number of hydrogen-bond acceptors (Lipinski definition) is 5. The molecule has 1 aliphatic rings. The van der Waals surface area contributed by atoms with Crippen LogP contribution in [0.3, 0.4) is 0 Å². The summed E-state index contributed by atoms with van der Waals surface area (Å²) in [6, 6.07) is 11.6. The first-order valence-corrected chi connectivity index (χ1v) is 9.90. The van der Waals surface area contributed by atoms with Crippen LogP contribution in [0.4, 0.5) is 20.5 Å². The Hall–Kier alpha value is -3.55. The Bertz CT molecular complexity index is 1120. The zero-order valence-corrected chi connectivity index (χ0v) is 16.1. The number of aromatic amines is 1. The summed E-state index contributed by atoms with van der Waals surface area (Å²) in [6.07, 6.45) is 6.12. The van der Waals surface area contributed by atoms with E-state index in [4.69, 9.17) is 0 Å². The molecular weight excluding hydrogens is 386 g/mol. The van der Waals surface area contributed by atoms with Crippen molar-refractivity contribution in [1.29, 1.82) is 0 Å². The fourth-order valence-corrected chi connectivity index (χ4v) is 3.96. The third kappa shape index (κ3) is 3.68. The monoisotopic (exact) mass is 406 g/mol. The number of halogens is 2. The molecule has 1 aliphatic carbocycles. The van der Waals surface area contributed by atoms with Gasteiger partial charge in [0.2, 0.25) is 5.95 Å². The fraction of sp³-hybridized carbons (Fsp3) is 0.227. The molecular formula is C22H20F2N6. The van der Waals surface area contributed by atoms with E-state index in [-0.39, 0.29) is 17.6 Å². The van der Waals surface area contributed by atoms with Crippen LogP contribution in [0.2, 0.25) is 0 Å². The normalized spacial score (nSPS) is 18.6. The molecule has 0 aliphatic heterocycles. The molecule has 6 nitrogen and oxygen atoms in total. The summed E-state index contributed by atoms with van der Waals surface area (Å²) in [5, 5.41) is 6.85. The minimum atomic E-state index is -0.594. The molecule has 0 radical (unpaired) electrons. The predicted octanol–water partition coefficient (Wildman–Crippen LogP) is 4.74. The molecule has 4 aromatic rings. The first kappa shape index (κ1) is 18.5. The fourth-order valence-electron chi connectivity index (χ4n) is 3.96. The van der Waals surface area contributed by atoms with Gasteiger partial charge in [-0.1, -0.05) is 6.07 Å². The van der Waals surface area contributed by atoms with Crippen LogP contribution in [0, 0.1) is 11.6 Å². The van der Waals surface area contributed by atoms with Gasteiger partial charge < -0.3 is 15.6 Å². The molecule has 1 saturated carbocycles. The van der Waals surface area contributed by atoms with Gasteiger partial charge in [-0.3, -0.25) is 0 Å². The van der Waals surface area contributed by atoms with Gasteiger partial charge in [-0.2, -0.15) is 4.98 Å². The molecule has 3 heterocycles. The minimum Gasteiger partial charge on any atom is -0.367 e. The topological polar surface area (TPSA) is 78.5 Å². The number of fused-ring (bicyclic) bond motifs is 1. The van der Waals surface area contributed by atoms with Crippen LogP contribution in [0.1, 0.15) is 19.3 Å². The largest absolute Gasteiger partial charge is 0.367 e. The van der Waals surface area contributed by atoms with Crippen LogP contribution >= 0.6 is 0 Å². The van der Waals surface area contributed by atoms with Crippen molar-refractivity contribution in [2.75, 3.05) is 10.6 Å². The van der Waals surface area contributed by atoms with Crippen LogP contribution < -0.4 is 10.6 Å². The molecule has 2 atom stereocenters. The average molecular weight is 406 g/mol. The predicted molar refractivity (Wildman–Crippen MR) is 112 cm³/mol. The zero-order valence-electron chi connectivity index (χ0n) is 16.1. The van der Waals surface area contributed by atoms with Crippen LogP contribution in [-0.2, 0) is 0 Å². The number of pyridine rings is 2. The Morgan fingerprint density at radius 3 is 2.43 bits per heavy atom. The highest BCUT2D eigenvalue weighted by atomic mass is 19.1. The molecule has 0 saturated heterocycles. The van der Waals surface area contributed by atoms with Gasteiger partial charge in [-0.05, 0) is 55.7 Å². The maximum absolute atomic E-state index is 14.0. The van der Waals surface area contributed by atoms with Gasteiger partial charge >= 0.3 is 0 Å². The standard InChI is InChI=1S/C22H20F2N6/c23-16-3-1-4-17(24)20(16)13-6-9-19(26-12-13)27-14-7-8-15(11-14)28-22-29-18-5-2-10-25-21(18)30-22/h1-6,9-10,12,14-15H,7-8,11H2,(H,26,27)(H2,25,28,29,30)/t14-,15-/m0/s1. The first-order valence-electron chi connectivity index (χ1n) is 9.90. The average Bonchev–Trinajstić information content (AvgIpc) is 3.35. The van der Waals surface area contributed by atoms with Crippen LogP contribution in [0.15, 0.2) is 54.9 Å². The highest BCUT2D eigenvalue weighted by Gasteiger charge is 2.25. The van der Waals surface area contributed by atoms with Crippen molar-refractivity contribution in [2.45, 2.75) is 31.3 Å². The Morgan fingerprint density at radius 1 is 0.900 bits per heavy atom. The summed E-state index contributed by atoms with van der Waals surface area (Å²) in [5.74, 6) is 0.226. The summed E-state index contributed by atoms with van der Waals surface area (Å²) in [6.45, 7) is 0. The van der Waals surface area contributed by atoms with E-state index in [2.05, 4.69) is 30.6 Å². The number of imidazole rings is 1. The second kappa shape index (κ2) is 7.70. The zero-order chi connectivity index (χ0) is 20.5. The molecule has 8 heteroatoms. The van der Waals surface area contributed by atoms with Crippen molar-refractivity contribution >= 4 is 22.9 Å². The number of nitrogens with zero attached hydrogens (tertiary/aromatic N) is 3. The van der Waals surface area contributed by atoms with Crippen LogP contribution in [0.5, 0.6) is 0 Å². The third-order valence-corrected chi connectivity index (χ3v) is 5.40. The Balaban J connectivity index is 1.21. The molecule has 152 valence electrons. The van der Waals surface area contributed by atoms with E-state index < -0.39 is 11.6 Å². The van der Waals surface area contributed by atoms with Crippen molar-refractivity contribution in [3.8, 4) is 11.1 Å². The summed E-state index contributed by atoms with van der Waals surface area (Å²) in [5.41, 5.74) is 1.97. The lowest BCUT2D eigenvalue weighted by Gasteiger charge is -2.15. The third-order valence-electron chi connectivity index (χ3n) is 5.40. The molecule has 30 heavy (non-hydrogen) atoms. The molecule has 0 spiro atoms. The Kier molecular flexibility index (Phi) is 4.74. The molecule has 0 bridgehead atoms. The molecule has 1 fully saturated rings. The van der Waals surface area contributed by atoms with Crippen molar-refractivity contribution in [3.05, 3.63) is 66.5 Å². The summed E-state index contributed by atoms with van der Waals surface area (Å²) in [4.78, 5) is 16.3. The van der Waals surface area contributed by atoms with Crippen molar-refractivity contribution < 1.29 is 8.78 Å². The molecule has 5 rings (SSSR count). The van der Waals surface area contributed by atoms with Crippen molar-refractivity contribution in [3.63, 3.8) is 0 Å². The minimum absolute atomic E-state index is 0.0537. The van der Waals surface area contributed by atoms with E-state index in [0.717, 1.165) is 30.7 Å². The maximum atomic E-state index is 14.0. The van der Waals surface area contributed by atoms with Crippen LogP contribution in [0.25, 0.3) is 22.3 Å². The lowest BCUT2D eigenvalue weighted by Crippen LogP contribution is -2.21. The quantitative estimate of drug-likeness (QED) is 0.446. The van der Waals surface area contributed by atoms with E-state index in [1.54, 1.807) is 18.3 Å². The first-order chi connectivity index (χ1) is 14.7. The van der Waals surface area contributed by atoms with Gasteiger partial charge in [0.15, 0.2) is 5.65 Å². The van der Waals surface area contributed by atoms with Crippen molar-refractivity contribution in [1.82, 2.24) is 19.9 Å². The lowest BCUT2D eigenvalue weighted by molar-refractivity contribution is 0.589. The second-order valence-corrected chi connectivity index (χ2v) is 7.48. The number of benzene rings is 1. The highest BCUT2D eigenvalue weighted by Crippen LogP contribution is 2.28. The van der Waals surface area contributed by atoms with E-state index in [9.17, 15) is 8.78 Å². The van der Waals surface area contributed by atoms with Gasteiger partial charge in [0.25, 0.3) is 0 Å². The lowest BCUT2D eigenvalue weighted by atomic mass is 10.1. The number of anilines is 2. The Morgan fingerprint density at radius 2 is 1.70 bits per heavy atom. The van der Waals surface area contributed by atoms with Crippen LogP contribution in [-0.4, -0.2) is 32.0 Å². The van der Waals surface area contributed by atoms with E-state index in [0.29, 0.717) is 17.0 Å². The molecule has 3 aromatic heterocycles.